The van der Waals surface area contributed by atoms with Crippen molar-refractivity contribution in [2.75, 3.05) is 19.6 Å². The van der Waals surface area contributed by atoms with Crippen LogP contribution in [0, 0.1) is 11.3 Å². The van der Waals surface area contributed by atoms with Gasteiger partial charge < -0.3 is 14.4 Å². The molecule has 2 amide bonds. The van der Waals surface area contributed by atoms with Crippen LogP contribution < -0.4 is 0 Å². The van der Waals surface area contributed by atoms with E-state index in [0.717, 1.165) is 29.6 Å². The second-order valence-electron chi connectivity index (χ2n) is 10.8. The second-order valence-corrected chi connectivity index (χ2v) is 11.7. The zero-order chi connectivity index (χ0) is 25.3. The van der Waals surface area contributed by atoms with Gasteiger partial charge in [0.15, 0.2) is 0 Å². The summed E-state index contributed by atoms with van der Waals surface area (Å²) in [4.78, 5) is 30.2. The third-order valence-electron chi connectivity index (χ3n) is 5.62. The average molecular weight is 533 g/mol. The highest BCUT2D eigenvalue weighted by molar-refractivity contribution is 9.10. The van der Waals surface area contributed by atoms with Gasteiger partial charge in [-0.1, -0.05) is 76.0 Å². The summed E-state index contributed by atoms with van der Waals surface area (Å²) in [6.07, 6.45) is 4.47. The van der Waals surface area contributed by atoms with Crippen molar-refractivity contribution in [3.05, 3.63) is 58.3 Å². The standard InChI is InChI=1S/C28H42BrN3O2/c1-7-8-15-31(27(34)21-32(18-22(2)3)26(33)17-28(4,5)6)20-25-10-9-16-30(25)19-23-11-13-24(29)14-12-23/h9-14,16,22H,7-8,15,17-21H2,1-6H3. The number of carbonyl (C=O) groups excluding carboxylic acids is 2. The monoisotopic (exact) mass is 531 g/mol. The normalized spacial score (nSPS) is 11.6. The molecule has 0 radical (unpaired) electrons. The minimum atomic E-state index is -0.106. The lowest BCUT2D eigenvalue weighted by Gasteiger charge is -2.31. The van der Waals surface area contributed by atoms with E-state index < -0.39 is 0 Å². The Bertz CT molecular complexity index is 912. The first kappa shape index (κ1) is 28.2. The highest BCUT2D eigenvalue weighted by Crippen LogP contribution is 2.21. The Morgan fingerprint density at radius 2 is 1.71 bits per heavy atom. The lowest BCUT2D eigenvalue weighted by molar-refractivity contribution is -0.142. The van der Waals surface area contributed by atoms with Crippen molar-refractivity contribution in [2.24, 2.45) is 11.3 Å². The summed E-state index contributed by atoms with van der Waals surface area (Å²) < 4.78 is 3.26. The number of hydrogen-bond donors (Lipinski definition) is 0. The van der Waals surface area contributed by atoms with Crippen molar-refractivity contribution in [3.63, 3.8) is 0 Å². The molecule has 0 atom stereocenters. The van der Waals surface area contributed by atoms with Crippen LogP contribution in [0.2, 0.25) is 0 Å². The minimum absolute atomic E-state index is 0.0211. The highest BCUT2D eigenvalue weighted by Gasteiger charge is 2.26. The summed E-state index contributed by atoms with van der Waals surface area (Å²) in [6, 6.07) is 12.4. The topological polar surface area (TPSA) is 45.6 Å². The Labute approximate surface area is 214 Å². The van der Waals surface area contributed by atoms with Crippen LogP contribution in [0.5, 0.6) is 0 Å². The van der Waals surface area contributed by atoms with Crippen LogP contribution in [0.3, 0.4) is 0 Å². The van der Waals surface area contributed by atoms with E-state index in [0.29, 0.717) is 32.0 Å². The summed E-state index contributed by atoms with van der Waals surface area (Å²) >= 11 is 3.49. The van der Waals surface area contributed by atoms with Crippen LogP contribution >= 0.6 is 15.9 Å². The smallest absolute Gasteiger partial charge is 0.242 e. The number of aromatic nitrogens is 1. The summed E-state index contributed by atoms with van der Waals surface area (Å²) in [6.45, 7) is 15.2. The molecule has 1 aromatic heterocycles. The maximum atomic E-state index is 13.5. The van der Waals surface area contributed by atoms with E-state index in [1.54, 1.807) is 4.90 Å². The number of amides is 2. The molecule has 0 aliphatic heterocycles. The van der Waals surface area contributed by atoms with Gasteiger partial charge in [0.1, 0.15) is 0 Å². The molecule has 0 N–H and O–H groups in total. The molecule has 6 heteroatoms. The van der Waals surface area contributed by atoms with Gasteiger partial charge in [-0.3, -0.25) is 9.59 Å². The summed E-state index contributed by atoms with van der Waals surface area (Å²) in [5, 5.41) is 0. The predicted molar refractivity (Wildman–Crippen MR) is 143 cm³/mol. The van der Waals surface area contributed by atoms with Crippen LogP contribution in [-0.4, -0.2) is 45.8 Å². The lowest BCUT2D eigenvalue weighted by Crippen LogP contribution is -2.45. The van der Waals surface area contributed by atoms with E-state index in [9.17, 15) is 9.59 Å². The maximum Gasteiger partial charge on any atom is 0.242 e. The number of nitrogens with zero attached hydrogens (tertiary/aromatic N) is 3. The van der Waals surface area contributed by atoms with Crippen molar-refractivity contribution >= 4 is 27.7 Å². The number of hydrogen-bond acceptors (Lipinski definition) is 2. The van der Waals surface area contributed by atoms with Gasteiger partial charge in [0.05, 0.1) is 13.1 Å². The van der Waals surface area contributed by atoms with E-state index in [4.69, 9.17) is 0 Å². The fourth-order valence-electron chi connectivity index (χ4n) is 3.89. The summed E-state index contributed by atoms with van der Waals surface area (Å²) in [5.74, 6) is 0.389. The van der Waals surface area contributed by atoms with E-state index in [2.05, 4.69) is 86.4 Å². The molecule has 2 rings (SSSR count). The fraction of sp³-hybridized carbons (Fsp3) is 0.571. The zero-order valence-electron chi connectivity index (χ0n) is 21.8. The molecule has 2 aromatic rings. The number of benzene rings is 1. The molecule has 0 spiro atoms. The molecular formula is C28H42BrN3O2. The Morgan fingerprint density at radius 1 is 1.03 bits per heavy atom. The second kappa shape index (κ2) is 13.1. The molecule has 34 heavy (non-hydrogen) atoms. The van der Waals surface area contributed by atoms with Crippen LogP contribution in [0.15, 0.2) is 47.1 Å². The summed E-state index contributed by atoms with van der Waals surface area (Å²) in [5.41, 5.74) is 2.21. The molecular weight excluding hydrogens is 490 g/mol. The van der Waals surface area contributed by atoms with Crippen molar-refractivity contribution in [2.45, 2.75) is 73.9 Å². The average Bonchev–Trinajstić information content (AvgIpc) is 3.17. The third-order valence-corrected chi connectivity index (χ3v) is 6.15. The quantitative estimate of drug-likeness (QED) is 0.320. The van der Waals surface area contributed by atoms with Crippen molar-refractivity contribution in [3.8, 4) is 0 Å². The van der Waals surface area contributed by atoms with Gasteiger partial charge >= 0.3 is 0 Å². The molecule has 0 saturated carbocycles. The molecule has 0 aliphatic carbocycles. The van der Waals surface area contributed by atoms with Crippen LogP contribution in [-0.2, 0) is 22.7 Å². The first-order chi connectivity index (χ1) is 16.0. The van der Waals surface area contributed by atoms with Gasteiger partial charge in [0.25, 0.3) is 0 Å². The number of unbranched alkanes of at least 4 members (excludes halogenated alkanes) is 1. The SMILES string of the molecule is CCCCN(Cc1cccn1Cc1ccc(Br)cc1)C(=O)CN(CC(C)C)C(=O)CC(C)(C)C. The number of rotatable bonds is 12. The van der Waals surface area contributed by atoms with Gasteiger partial charge in [-0.15, -0.1) is 0 Å². The molecule has 0 saturated heterocycles. The van der Waals surface area contributed by atoms with E-state index >= 15 is 0 Å². The van der Waals surface area contributed by atoms with Crippen LogP contribution in [0.25, 0.3) is 0 Å². The Hall–Kier alpha value is -2.08. The van der Waals surface area contributed by atoms with E-state index in [1.165, 1.54) is 5.56 Å². The van der Waals surface area contributed by atoms with Crippen molar-refractivity contribution < 1.29 is 9.59 Å². The predicted octanol–water partition coefficient (Wildman–Crippen LogP) is 6.35. The maximum absolute atomic E-state index is 13.5. The van der Waals surface area contributed by atoms with Gasteiger partial charge in [-0.25, -0.2) is 0 Å². The van der Waals surface area contributed by atoms with Gasteiger partial charge in [0.2, 0.25) is 11.8 Å². The molecule has 188 valence electrons. The van der Waals surface area contributed by atoms with Crippen molar-refractivity contribution in [1.82, 2.24) is 14.4 Å². The number of carbonyl (C=O) groups is 2. The lowest BCUT2D eigenvalue weighted by atomic mass is 9.91. The molecule has 0 unspecified atom stereocenters. The molecule has 5 nitrogen and oxygen atoms in total. The van der Waals surface area contributed by atoms with Gasteiger partial charge in [-0.2, -0.15) is 0 Å². The van der Waals surface area contributed by atoms with Gasteiger partial charge in [-0.05, 0) is 47.6 Å². The first-order valence-electron chi connectivity index (χ1n) is 12.4. The third kappa shape index (κ3) is 9.65. The van der Waals surface area contributed by atoms with Crippen LogP contribution in [0.1, 0.15) is 72.1 Å². The van der Waals surface area contributed by atoms with Gasteiger partial charge in [0, 0.05) is 42.4 Å². The molecule has 1 aromatic carbocycles. The summed E-state index contributed by atoms with van der Waals surface area (Å²) in [7, 11) is 0. The largest absolute Gasteiger partial charge is 0.345 e. The van der Waals surface area contributed by atoms with E-state index in [1.807, 2.05) is 23.1 Å². The highest BCUT2D eigenvalue weighted by atomic mass is 79.9. The Balaban J connectivity index is 2.16. The van der Waals surface area contributed by atoms with Crippen molar-refractivity contribution in [1.29, 1.82) is 0 Å². The molecule has 0 fully saturated rings. The Morgan fingerprint density at radius 3 is 2.29 bits per heavy atom. The minimum Gasteiger partial charge on any atom is -0.345 e. The molecule has 0 aliphatic rings. The number of halogens is 1. The molecule has 0 bridgehead atoms. The van der Waals surface area contributed by atoms with E-state index in [-0.39, 0.29) is 23.8 Å². The zero-order valence-corrected chi connectivity index (χ0v) is 23.4. The Kier molecular flexibility index (Phi) is 10.9. The van der Waals surface area contributed by atoms with Crippen LogP contribution in [0.4, 0.5) is 0 Å². The fourth-order valence-corrected chi connectivity index (χ4v) is 4.16. The first-order valence-corrected chi connectivity index (χ1v) is 13.2. The molecule has 1 heterocycles.